The Balaban J connectivity index is 1.53. The molecule has 4 rings (SSSR count). The van der Waals surface area contributed by atoms with Crippen molar-refractivity contribution in [3.05, 3.63) is 59.7 Å². The molecule has 1 aliphatic heterocycles. The average molecular weight is 485 g/mol. The van der Waals surface area contributed by atoms with Gasteiger partial charge in [-0.3, -0.25) is 4.90 Å². The molecule has 34 heavy (non-hydrogen) atoms. The van der Waals surface area contributed by atoms with Crippen molar-refractivity contribution in [2.24, 2.45) is 17.8 Å². The molecule has 1 N–H and O–H groups in total. The predicted octanol–water partition coefficient (Wildman–Crippen LogP) is 4.91. The van der Waals surface area contributed by atoms with Gasteiger partial charge >= 0.3 is 0 Å². The highest BCUT2D eigenvalue weighted by Crippen LogP contribution is 2.36. The van der Waals surface area contributed by atoms with Crippen LogP contribution < -0.4 is 4.90 Å². The Morgan fingerprint density at radius 1 is 1.00 bits per heavy atom. The highest BCUT2D eigenvalue weighted by atomic mass is 32.2. The first-order valence-electron chi connectivity index (χ1n) is 12.7. The van der Waals surface area contributed by atoms with Gasteiger partial charge in [0.1, 0.15) is 0 Å². The van der Waals surface area contributed by atoms with Crippen molar-refractivity contribution in [3.8, 4) is 0 Å². The summed E-state index contributed by atoms with van der Waals surface area (Å²) >= 11 is 0. The number of rotatable bonds is 7. The van der Waals surface area contributed by atoms with E-state index in [1.807, 2.05) is 6.07 Å². The van der Waals surface area contributed by atoms with Crippen LogP contribution in [0.1, 0.15) is 56.7 Å². The van der Waals surface area contributed by atoms with Crippen molar-refractivity contribution in [2.75, 3.05) is 37.3 Å². The van der Waals surface area contributed by atoms with E-state index in [0.29, 0.717) is 5.56 Å². The third-order valence-corrected chi connectivity index (χ3v) is 9.17. The number of sulfone groups is 1. The third kappa shape index (κ3) is 5.84. The van der Waals surface area contributed by atoms with Gasteiger partial charge in [0.15, 0.2) is 9.84 Å². The van der Waals surface area contributed by atoms with E-state index < -0.39 is 9.84 Å². The molecule has 0 unspecified atom stereocenters. The SMILES string of the molecule is CC(C)C1CCC(CN2CCN(c3ccc(CO)c(S(C)(=O)=O)c3)C[C@H]2c2ccccc2)CC1. The molecule has 0 aromatic heterocycles. The Labute approximate surface area is 205 Å². The van der Waals surface area contributed by atoms with Gasteiger partial charge in [0, 0.05) is 38.1 Å². The molecule has 2 aliphatic rings. The summed E-state index contributed by atoms with van der Waals surface area (Å²) in [7, 11) is -3.41. The standard InChI is InChI=1S/C28H40N2O3S/c1-21(2)23-11-9-22(10-12-23)18-30-16-15-29(19-27(30)24-7-5-4-6-8-24)26-14-13-25(20-31)28(17-26)34(3,32)33/h4-8,13-14,17,21-23,27,31H,9-12,15-16,18-20H2,1-3H3/t22?,23?,27-/m0/s1. The van der Waals surface area contributed by atoms with Gasteiger partial charge in [-0.2, -0.15) is 0 Å². The molecule has 1 aliphatic carbocycles. The summed E-state index contributed by atoms with van der Waals surface area (Å²) < 4.78 is 24.7. The molecule has 0 bridgehead atoms. The molecule has 1 heterocycles. The van der Waals surface area contributed by atoms with Crippen LogP contribution in [0, 0.1) is 17.8 Å². The van der Waals surface area contributed by atoms with Gasteiger partial charge in [-0.25, -0.2) is 8.42 Å². The van der Waals surface area contributed by atoms with Crippen molar-refractivity contribution in [1.29, 1.82) is 0 Å². The molecule has 1 atom stereocenters. The molecule has 186 valence electrons. The first kappa shape index (κ1) is 25.2. The summed E-state index contributed by atoms with van der Waals surface area (Å²) in [6.45, 7) is 8.23. The van der Waals surface area contributed by atoms with E-state index in [4.69, 9.17) is 0 Å². The summed E-state index contributed by atoms with van der Waals surface area (Å²) in [5, 5.41) is 9.63. The maximum atomic E-state index is 12.3. The molecule has 1 saturated carbocycles. The zero-order chi connectivity index (χ0) is 24.3. The highest BCUT2D eigenvalue weighted by molar-refractivity contribution is 7.90. The summed E-state index contributed by atoms with van der Waals surface area (Å²) in [5.41, 5.74) is 2.69. The van der Waals surface area contributed by atoms with E-state index in [-0.39, 0.29) is 17.5 Å². The minimum absolute atomic E-state index is 0.230. The Morgan fingerprint density at radius 2 is 1.71 bits per heavy atom. The van der Waals surface area contributed by atoms with Gasteiger partial charge in [0.05, 0.1) is 17.5 Å². The average Bonchev–Trinajstić information content (AvgIpc) is 2.84. The van der Waals surface area contributed by atoms with Crippen molar-refractivity contribution >= 4 is 15.5 Å². The highest BCUT2D eigenvalue weighted by Gasteiger charge is 2.32. The summed E-state index contributed by atoms with van der Waals surface area (Å²) in [6, 6.07) is 16.4. The van der Waals surface area contributed by atoms with Crippen molar-refractivity contribution < 1.29 is 13.5 Å². The number of hydrogen-bond donors (Lipinski definition) is 1. The lowest BCUT2D eigenvalue weighted by atomic mass is 9.76. The second-order valence-electron chi connectivity index (χ2n) is 10.6. The van der Waals surface area contributed by atoms with Gasteiger partial charge in [-0.05, 0) is 66.7 Å². The molecular formula is C28H40N2O3S. The third-order valence-electron chi connectivity index (χ3n) is 7.99. The van der Waals surface area contributed by atoms with Crippen LogP contribution >= 0.6 is 0 Å². The van der Waals surface area contributed by atoms with E-state index in [9.17, 15) is 13.5 Å². The summed E-state index contributed by atoms with van der Waals surface area (Å²) in [5.74, 6) is 2.42. The number of aliphatic hydroxyl groups excluding tert-OH is 1. The van der Waals surface area contributed by atoms with E-state index in [0.717, 1.165) is 49.6 Å². The Bertz CT molecular complexity index is 1050. The maximum Gasteiger partial charge on any atom is 0.175 e. The first-order chi connectivity index (χ1) is 16.3. The van der Waals surface area contributed by atoms with E-state index >= 15 is 0 Å². The van der Waals surface area contributed by atoms with Crippen molar-refractivity contribution in [2.45, 2.75) is 57.1 Å². The number of benzene rings is 2. The quantitative estimate of drug-likeness (QED) is 0.605. The predicted molar refractivity (Wildman–Crippen MR) is 139 cm³/mol. The van der Waals surface area contributed by atoms with E-state index in [2.05, 4.69) is 54.0 Å². The normalized spacial score (nSPS) is 24.5. The molecule has 0 spiro atoms. The lowest BCUT2D eigenvalue weighted by molar-refractivity contribution is 0.118. The van der Waals surface area contributed by atoms with Crippen molar-refractivity contribution in [1.82, 2.24) is 4.90 Å². The minimum Gasteiger partial charge on any atom is -0.392 e. The van der Waals surface area contributed by atoms with Crippen LogP contribution in [0.4, 0.5) is 5.69 Å². The Morgan fingerprint density at radius 3 is 2.32 bits per heavy atom. The van der Waals surface area contributed by atoms with E-state index in [1.165, 1.54) is 37.5 Å². The fourth-order valence-electron chi connectivity index (χ4n) is 5.85. The van der Waals surface area contributed by atoms with E-state index in [1.54, 1.807) is 12.1 Å². The van der Waals surface area contributed by atoms with Gasteiger partial charge < -0.3 is 10.0 Å². The van der Waals surface area contributed by atoms with Gasteiger partial charge in [-0.15, -0.1) is 0 Å². The summed E-state index contributed by atoms with van der Waals surface area (Å²) in [4.78, 5) is 5.19. The summed E-state index contributed by atoms with van der Waals surface area (Å²) in [6.07, 6.45) is 6.56. The number of hydrogen-bond acceptors (Lipinski definition) is 5. The number of piperazine rings is 1. The molecular weight excluding hydrogens is 444 g/mol. The zero-order valence-electron chi connectivity index (χ0n) is 20.9. The Kier molecular flexibility index (Phi) is 8.01. The molecule has 6 heteroatoms. The van der Waals surface area contributed by atoms with Crippen LogP contribution in [0.5, 0.6) is 0 Å². The first-order valence-corrected chi connectivity index (χ1v) is 14.6. The number of nitrogens with zero attached hydrogens (tertiary/aromatic N) is 2. The van der Waals surface area contributed by atoms with Crippen LogP contribution in [0.25, 0.3) is 0 Å². The van der Waals surface area contributed by atoms with Crippen LogP contribution in [-0.2, 0) is 16.4 Å². The largest absolute Gasteiger partial charge is 0.392 e. The van der Waals surface area contributed by atoms with Gasteiger partial charge in [0.25, 0.3) is 0 Å². The second kappa shape index (κ2) is 10.8. The second-order valence-corrected chi connectivity index (χ2v) is 12.6. The van der Waals surface area contributed by atoms with Gasteiger partial charge in [-0.1, -0.05) is 50.2 Å². The van der Waals surface area contributed by atoms with Crippen LogP contribution in [0.3, 0.4) is 0 Å². The molecule has 2 fully saturated rings. The molecule has 5 nitrogen and oxygen atoms in total. The lowest BCUT2D eigenvalue weighted by Crippen LogP contribution is -2.50. The maximum absolute atomic E-state index is 12.3. The van der Waals surface area contributed by atoms with Crippen molar-refractivity contribution in [3.63, 3.8) is 0 Å². The number of anilines is 1. The van der Waals surface area contributed by atoms with Gasteiger partial charge in [0.2, 0.25) is 0 Å². The molecule has 2 aromatic rings. The van der Waals surface area contributed by atoms with Crippen LogP contribution in [0.2, 0.25) is 0 Å². The van der Waals surface area contributed by atoms with Crippen LogP contribution in [-0.4, -0.2) is 50.9 Å². The molecule has 0 radical (unpaired) electrons. The molecule has 2 aromatic carbocycles. The smallest absolute Gasteiger partial charge is 0.175 e. The fourth-order valence-corrected chi connectivity index (χ4v) is 6.79. The number of aliphatic hydroxyl groups is 1. The fraction of sp³-hybridized carbons (Fsp3) is 0.571. The molecule has 1 saturated heterocycles. The monoisotopic (exact) mass is 484 g/mol. The molecule has 0 amide bonds. The topological polar surface area (TPSA) is 60.9 Å². The Hall–Kier alpha value is -1.89. The lowest BCUT2D eigenvalue weighted by Gasteiger charge is -2.45. The van der Waals surface area contributed by atoms with Crippen LogP contribution in [0.15, 0.2) is 53.4 Å². The minimum atomic E-state index is -3.41. The zero-order valence-corrected chi connectivity index (χ0v) is 21.7.